The van der Waals surface area contributed by atoms with Crippen LogP contribution in [0.25, 0.3) is 22.5 Å². The number of aromatic nitrogens is 2. The van der Waals surface area contributed by atoms with Crippen LogP contribution in [0.1, 0.15) is 18.1 Å². The summed E-state index contributed by atoms with van der Waals surface area (Å²) in [4.78, 5) is 20.9. The van der Waals surface area contributed by atoms with Crippen molar-refractivity contribution in [1.29, 1.82) is 0 Å². The van der Waals surface area contributed by atoms with Crippen LogP contribution < -0.4 is 5.32 Å². The number of aryl methyl sites for hydroxylation is 2. The van der Waals surface area contributed by atoms with Gasteiger partial charge < -0.3 is 10.3 Å². The Balaban J connectivity index is 1.60. The van der Waals surface area contributed by atoms with Gasteiger partial charge >= 0.3 is 0 Å². The number of halogens is 2. The Labute approximate surface area is 205 Å². The van der Waals surface area contributed by atoms with Gasteiger partial charge in [0.25, 0.3) is 0 Å². The number of rotatable bonds is 6. The molecule has 0 saturated heterocycles. The van der Waals surface area contributed by atoms with Gasteiger partial charge in [-0.1, -0.05) is 87.3 Å². The molecule has 0 aliphatic carbocycles. The predicted octanol–water partition coefficient (Wildman–Crippen LogP) is 7.38. The molecule has 3 aromatic carbocycles. The Morgan fingerprint density at radius 1 is 1.00 bits per heavy atom. The van der Waals surface area contributed by atoms with E-state index in [0.717, 1.165) is 22.5 Å². The van der Waals surface area contributed by atoms with Crippen LogP contribution in [0.4, 0.5) is 10.1 Å². The number of thioether (sulfide) groups is 1. The molecule has 1 amide bonds. The number of aromatic amines is 1. The molecule has 4 rings (SSSR count). The lowest BCUT2D eigenvalue weighted by Gasteiger charge is -2.11. The highest BCUT2D eigenvalue weighted by atomic mass is 79.9. The van der Waals surface area contributed by atoms with Crippen LogP contribution in [-0.2, 0) is 4.79 Å². The Morgan fingerprint density at radius 2 is 1.61 bits per heavy atom. The average molecular weight is 524 g/mol. The van der Waals surface area contributed by atoms with Crippen molar-refractivity contribution in [2.24, 2.45) is 0 Å². The molecular formula is C26H23BrFN3OS. The summed E-state index contributed by atoms with van der Waals surface area (Å²) in [7, 11) is 0. The summed E-state index contributed by atoms with van der Waals surface area (Å²) in [6.45, 7) is 5.87. The molecule has 1 atom stereocenters. The second kappa shape index (κ2) is 9.93. The zero-order valence-corrected chi connectivity index (χ0v) is 20.9. The number of nitrogens with one attached hydrogen (secondary N) is 2. The standard InChI is InChI=1S/C26H23BrFN3OS/c1-15-4-8-18(9-5-15)23-24(19-10-6-16(2)7-11-19)31-26(30-23)33-17(3)25(32)29-22-13-12-20(27)14-21(22)28/h4-14,17H,1-3H3,(H,29,32)(H,30,31). The molecular weight excluding hydrogens is 501 g/mol. The zero-order chi connectivity index (χ0) is 23.5. The molecule has 0 spiro atoms. The predicted molar refractivity (Wildman–Crippen MR) is 137 cm³/mol. The minimum Gasteiger partial charge on any atom is -0.332 e. The highest BCUT2D eigenvalue weighted by Gasteiger charge is 2.21. The number of carbonyl (C=O) groups is 1. The van der Waals surface area contributed by atoms with Gasteiger partial charge in [-0.15, -0.1) is 0 Å². The van der Waals surface area contributed by atoms with E-state index in [2.05, 4.69) is 62.6 Å². The Hall–Kier alpha value is -2.90. The van der Waals surface area contributed by atoms with E-state index in [9.17, 15) is 9.18 Å². The molecule has 2 N–H and O–H groups in total. The number of hydrogen-bond acceptors (Lipinski definition) is 3. The molecule has 0 radical (unpaired) electrons. The van der Waals surface area contributed by atoms with E-state index in [-0.39, 0.29) is 11.6 Å². The quantitative estimate of drug-likeness (QED) is 0.259. The van der Waals surface area contributed by atoms with Gasteiger partial charge in [0.2, 0.25) is 5.91 Å². The largest absolute Gasteiger partial charge is 0.332 e. The van der Waals surface area contributed by atoms with Gasteiger partial charge in [0.05, 0.1) is 22.3 Å². The summed E-state index contributed by atoms with van der Waals surface area (Å²) < 4.78 is 14.7. The maximum Gasteiger partial charge on any atom is 0.237 e. The fraction of sp³-hybridized carbons (Fsp3) is 0.154. The molecule has 4 nitrogen and oxygen atoms in total. The molecule has 1 aromatic heterocycles. The molecule has 1 heterocycles. The number of nitrogens with zero attached hydrogens (tertiary/aromatic N) is 1. The first-order chi connectivity index (χ1) is 15.8. The van der Waals surface area contributed by atoms with Crippen molar-refractivity contribution in [2.75, 3.05) is 5.32 Å². The van der Waals surface area contributed by atoms with Crippen molar-refractivity contribution in [2.45, 2.75) is 31.2 Å². The van der Waals surface area contributed by atoms with Crippen LogP contribution in [0.3, 0.4) is 0 Å². The smallest absolute Gasteiger partial charge is 0.237 e. The number of amides is 1. The molecule has 0 saturated carbocycles. The van der Waals surface area contributed by atoms with Crippen LogP contribution >= 0.6 is 27.7 Å². The molecule has 4 aromatic rings. The van der Waals surface area contributed by atoms with Crippen molar-refractivity contribution < 1.29 is 9.18 Å². The van der Waals surface area contributed by atoms with E-state index in [1.54, 1.807) is 13.0 Å². The Bertz CT molecular complexity index is 1220. The van der Waals surface area contributed by atoms with Crippen LogP contribution in [-0.4, -0.2) is 21.1 Å². The lowest BCUT2D eigenvalue weighted by atomic mass is 10.0. The second-order valence-electron chi connectivity index (χ2n) is 7.87. The summed E-state index contributed by atoms with van der Waals surface area (Å²) in [5, 5.41) is 2.79. The summed E-state index contributed by atoms with van der Waals surface area (Å²) in [6, 6.07) is 21.0. The van der Waals surface area contributed by atoms with Crippen molar-refractivity contribution >= 4 is 39.3 Å². The van der Waals surface area contributed by atoms with Gasteiger partial charge in [-0.25, -0.2) is 9.37 Å². The van der Waals surface area contributed by atoms with Crippen molar-refractivity contribution in [3.63, 3.8) is 0 Å². The number of H-pyrrole nitrogens is 1. The van der Waals surface area contributed by atoms with Gasteiger partial charge in [-0.2, -0.15) is 0 Å². The lowest BCUT2D eigenvalue weighted by molar-refractivity contribution is -0.115. The second-order valence-corrected chi connectivity index (χ2v) is 10.1. The normalized spacial score (nSPS) is 11.9. The van der Waals surface area contributed by atoms with Gasteiger partial charge in [-0.3, -0.25) is 4.79 Å². The van der Waals surface area contributed by atoms with Gasteiger partial charge in [-0.05, 0) is 39.0 Å². The molecule has 0 bridgehead atoms. The van der Waals surface area contributed by atoms with Crippen molar-refractivity contribution in [3.8, 4) is 22.5 Å². The number of benzene rings is 3. The third-order valence-corrected chi connectivity index (χ3v) is 6.67. The van der Waals surface area contributed by atoms with Crippen LogP contribution in [0.5, 0.6) is 0 Å². The van der Waals surface area contributed by atoms with E-state index in [1.807, 2.05) is 26.0 Å². The topological polar surface area (TPSA) is 57.8 Å². The SMILES string of the molecule is Cc1ccc(-c2nc(SC(C)C(=O)Nc3ccc(Br)cc3F)[nH]c2-c2ccc(C)cc2)cc1. The third-order valence-electron chi connectivity index (χ3n) is 5.19. The minimum atomic E-state index is -0.490. The fourth-order valence-corrected chi connectivity index (χ4v) is 4.44. The van der Waals surface area contributed by atoms with Crippen molar-refractivity contribution in [3.05, 3.63) is 88.1 Å². The summed E-state index contributed by atoms with van der Waals surface area (Å²) in [5.74, 6) is -0.789. The lowest BCUT2D eigenvalue weighted by Crippen LogP contribution is -2.23. The highest BCUT2D eigenvalue weighted by Crippen LogP contribution is 2.34. The fourth-order valence-electron chi connectivity index (χ4n) is 3.30. The molecule has 168 valence electrons. The maximum absolute atomic E-state index is 14.1. The van der Waals surface area contributed by atoms with Crippen LogP contribution in [0, 0.1) is 19.7 Å². The van der Waals surface area contributed by atoms with Gasteiger partial charge in [0.15, 0.2) is 5.16 Å². The van der Waals surface area contributed by atoms with Gasteiger partial charge in [0.1, 0.15) is 5.82 Å². The molecule has 1 unspecified atom stereocenters. The number of carbonyl (C=O) groups excluding carboxylic acids is 1. The molecule has 7 heteroatoms. The van der Waals surface area contributed by atoms with Gasteiger partial charge in [0, 0.05) is 15.6 Å². The zero-order valence-electron chi connectivity index (χ0n) is 18.4. The monoisotopic (exact) mass is 523 g/mol. The van der Waals surface area contributed by atoms with Crippen molar-refractivity contribution in [1.82, 2.24) is 9.97 Å². The van der Waals surface area contributed by atoms with E-state index in [0.29, 0.717) is 9.63 Å². The first-order valence-electron chi connectivity index (χ1n) is 10.5. The average Bonchev–Trinajstić information content (AvgIpc) is 3.20. The minimum absolute atomic E-state index is 0.149. The maximum atomic E-state index is 14.1. The Kier molecular flexibility index (Phi) is 7.00. The van der Waals surface area contributed by atoms with Crippen LogP contribution in [0.2, 0.25) is 0 Å². The molecule has 0 aliphatic heterocycles. The first kappa shape index (κ1) is 23.3. The molecule has 0 aliphatic rings. The number of imidazole rings is 1. The van der Waals surface area contributed by atoms with E-state index >= 15 is 0 Å². The third kappa shape index (κ3) is 5.54. The van der Waals surface area contributed by atoms with E-state index in [1.165, 1.54) is 35.0 Å². The van der Waals surface area contributed by atoms with E-state index in [4.69, 9.17) is 4.98 Å². The summed E-state index contributed by atoms with van der Waals surface area (Å²) in [6.07, 6.45) is 0. The molecule has 33 heavy (non-hydrogen) atoms. The van der Waals surface area contributed by atoms with E-state index < -0.39 is 11.1 Å². The Morgan fingerprint density at radius 3 is 2.21 bits per heavy atom. The number of anilines is 1. The molecule has 0 fully saturated rings. The summed E-state index contributed by atoms with van der Waals surface area (Å²) in [5.41, 5.74) is 6.23. The summed E-state index contributed by atoms with van der Waals surface area (Å²) >= 11 is 4.52. The first-order valence-corrected chi connectivity index (χ1v) is 12.1. The number of hydrogen-bond donors (Lipinski definition) is 2. The van der Waals surface area contributed by atoms with Crippen LogP contribution in [0.15, 0.2) is 76.4 Å². The highest BCUT2D eigenvalue weighted by molar-refractivity contribution is 9.10.